The summed E-state index contributed by atoms with van der Waals surface area (Å²) in [6.45, 7) is 2.56. The van der Waals surface area contributed by atoms with E-state index in [4.69, 9.17) is 5.73 Å². The Kier molecular flexibility index (Phi) is 4.69. The molecule has 106 valence electrons. The van der Waals surface area contributed by atoms with Gasteiger partial charge in [-0.05, 0) is 31.2 Å². The van der Waals surface area contributed by atoms with E-state index < -0.39 is 0 Å². The predicted molar refractivity (Wildman–Crippen MR) is 80.2 cm³/mol. The molecule has 3 nitrogen and oxygen atoms in total. The van der Waals surface area contributed by atoms with Crippen LogP contribution in [-0.4, -0.2) is 18.6 Å². The fraction of sp³-hybridized carbons (Fsp3) is 0.312. The Bertz CT molecular complexity index is 555. The van der Waals surface area contributed by atoms with Crippen molar-refractivity contribution in [3.63, 3.8) is 0 Å². The first-order valence-corrected chi connectivity index (χ1v) is 6.74. The van der Waals surface area contributed by atoms with Crippen LogP contribution in [0.5, 0.6) is 0 Å². The molecule has 1 heterocycles. The molecular formula is C16H20FN3. The first-order valence-electron chi connectivity index (χ1n) is 6.74. The topological polar surface area (TPSA) is 42.1 Å². The zero-order valence-electron chi connectivity index (χ0n) is 11.9. The largest absolute Gasteiger partial charge is 0.374 e. The monoisotopic (exact) mass is 273 g/mol. The Labute approximate surface area is 119 Å². The minimum Gasteiger partial charge on any atom is -0.374 e. The predicted octanol–water partition coefficient (Wildman–Crippen LogP) is 2.92. The lowest BCUT2D eigenvalue weighted by molar-refractivity contribution is 0.592. The highest BCUT2D eigenvalue weighted by atomic mass is 19.1. The van der Waals surface area contributed by atoms with Gasteiger partial charge >= 0.3 is 0 Å². The molecule has 0 aliphatic rings. The number of nitrogens with two attached hydrogens (primary N) is 1. The van der Waals surface area contributed by atoms with Crippen LogP contribution in [0.15, 0.2) is 42.6 Å². The highest BCUT2D eigenvalue weighted by Crippen LogP contribution is 2.27. The van der Waals surface area contributed by atoms with Crippen molar-refractivity contribution < 1.29 is 4.39 Å². The Morgan fingerprint density at radius 2 is 2.05 bits per heavy atom. The second-order valence-electron chi connectivity index (χ2n) is 4.95. The van der Waals surface area contributed by atoms with Crippen LogP contribution in [0.4, 0.5) is 10.1 Å². The van der Waals surface area contributed by atoms with Gasteiger partial charge in [-0.2, -0.15) is 0 Å². The molecule has 2 aromatic rings. The summed E-state index contributed by atoms with van der Waals surface area (Å²) in [5.41, 5.74) is 8.32. The summed E-state index contributed by atoms with van der Waals surface area (Å²) in [5.74, 6) is -0.248. The Balaban J connectivity index is 2.13. The van der Waals surface area contributed by atoms with Crippen LogP contribution in [0.1, 0.15) is 24.2 Å². The van der Waals surface area contributed by atoms with Gasteiger partial charge in [0.25, 0.3) is 0 Å². The minimum absolute atomic E-state index is 0.248. The third-order valence-electron chi connectivity index (χ3n) is 3.33. The molecule has 20 heavy (non-hydrogen) atoms. The van der Waals surface area contributed by atoms with E-state index in [1.54, 1.807) is 19.2 Å². The molecule has 0 radical (unpaired) electrons. The van der Waals surface area contributed by atoms with Gasteiger partial charge in [-0.3, -0.25) is 4.98 Å². The van der Waals surface area contributed by atoms with E-state index in [0.29, 0.717) is 5.56 Å². The van der Waals surface area contributed by atoms with Gasteiger partial charge in [-0.1, -0.05) is 12.1 Å². The van der Waals surface area contributed by atoms with Gasteiger partial charge in [0.2, 0.25) is 0 Å². The summed E-state index contributed by atoms with van der Waals surface area (Å²) < 4.78 is 13.9. The van der Waals surface area contributed by atoms with Gasteiger partial charge in [-0.15, -0.1) is 0 Å². The zero-order valence-corrected chi connectivity index (χ0v) is 11.9. The molecule has 0 saturated heterocycles. The Morgan fingerprint density at radius 1 is 1.25 bits per heavy atom. The first-order chi connectivity index (χ1) is 9.59. The van der Waals surface area contributed by atoms with Crippen LogP contribution in [0.3, 0.4) is 0 Å². The number of rotatable bonds is 5. The molecule has 4 heteroatoms. The van der Waals surface area contributed by atoms with Crippen LogP contribution in [-0.2, 0) is 6.42 Å². The molecule has 0 unspecified atom stereocenters. The van der Waals surface area contributed by atoms with Crippen molar-refractivity contribution in [2.45, 2.75) is 19.4 Å². The van der Waals surface area contributed by atoms with E-state index in [-0.39, 0.29) is 11.9 Å². The number of likely N-dealkylation sites (N-methyl/N-ethyl adjacent to an activating group) is 1. The average molecular weight is 273 g/mol. The summed E-state index contributed by atoms with van der Waals surface area (Å²) >= 11 is 0. The van der Waals surface area contributed by atoms with E-state index in [2.05, 4.69) is 4.98 Å². The molecule has 0 amide bonds. The van der Waals surface area contributed by atoms with Crippen molar-refractivity contribution >= 4 is 5.69 Å². The van der Waals surface area contributed by atoms with E-state index in [9.17, 15) is 4.39 Å². The number of halogens is 1. The summed E-state index contributed by atoms with van der Waals surface area (Å²) in [5, 5.41) is 0. The first kappa shape index (κ1) is 14.5. The van der Waals surface area contributed by atoms with Crippen LogP contribution in [0.2, 0.25) is 0 Å². The number of nitrogens with zero attached hydrogens (tertiary/aromatic N) is 2. The molecule has 0 saturated carbocycles. The molecular weight excluding hydrogens is 253 g/mol. The number of aromatic nitrogens is 1. The summed E-state index contributed by atoms with van der Waals surface area (Å²) in [4.78, 5) is 6.32. The highest BCUT2D eigenvalue weighted by Gasteiger charge is 2.15. The summed E-state index contributed by atoms with van der Waals surface area (Å²) in [6, 6.07) is 10.6. The lowest BCUT2D eigenvalue weighted by Gasteiger charge is -2.24. The average Bonchev–Trinajstić information content (AvgIpc) is 2.45. The fourth-order valence-electron chi connectivity index (χ4n) is 2.26. The minimum atomic E-state index is -0.330. The summed E-state index contributed by atoms with van der Waals surface area (Å²) in [7, 11) is 1.95. The molecule has 1 aromatic carbocycles. The number of pyridine rings is 1. The molecule has 0 fully saturated rings. The maximum atomic E-state index is 13.9. The van der Waals surface area contributed by atoms with Crippen LogP contribution in [0.25, 0.3) is 0 Å². The van der Waals surface area contributed by atoms with Crippen molar-refractivity contribution in [1.82, 2.24) is 4.98 Å². The number of benzene rings is 1. The van der Waals surface area contributed by atoms with E-state index in [1.807, 2.05) is 36.2 Å². The molecule has 1 atom stereocenters. The van der Waals surface area contributed by atoms with Crippen molar-refractivity contribution in [2.75, 3.05) is 18.5 Å². The summed E-state index contributed by atoms with van der Waals surface area (Å²) in [6.07, 6.45) is 2.59. The Morgan fingerprint density at radius 3 is 2.70 bits per heavy atom. The second-order valence-corrected chi connectivity index (χ2v) is 4.95. The molecule has 0 aliphatic carbocycles. The molecule has 0 spiro atoms. The molecule has 0 aliphatic heterocycles. The van der Waals surface area contributed by atoms with Gasteiger partial charge in [0.05, 0.1) is 0 Å². The SMILES string of the molecule is C[C@H](N)c1c(F)cccc1N(C)CCc1ccccn1. The van der Waals surface area contributed by atoms with Gasteiger partial charge in [0.1, 0.15) is 5.82 Å². The van der Waals surface area contributed by atoms with Crippen molar-refractivity contribution in [2.24, 2.45) is 5.73 Å². The van der Waals surface area contributed by atoms with Gasteiger partial charge in [-0.25, -0.2) is 4.39 Å². The fourth-order valence-corrected chi connectivity index (χ4v) is 2.26. The van der Waals surface area contributed by atoms with Gasteiger partial charge in [0.15, 0.2) is 0 Å². The van der Waals surface area contributed by atoms with E-state index >= 15 is 0 Å². The van der Waals surface area contributed by atoms with Crippen molar-refractivity contribution in [3.05, 3.63) is 59.7 Å². The highest BCUT2D eigenvalue weighted by molar-refractivity contribution is 5.55. The maximum absolute atomic E-state index is 13.9. The lowest BCUT2D eigenvalue weighted by Crippen LogP contribution is -2.24. The maximum Gasteiger partial charge on any atom is 0.130 e. The van der Waals surface area contributed by atoms with Gasteiger partial charge in [0, 0.05) is 49.2 Å². The molecule has 1 aromatic heterocycles. The molecule has 0 bridgehead atoms. The van der Waals surface area contributed by atoms with E-state index in [1.165, 1.54) is 6.07 Å². The third-order valence-corrected chi connectivity index (χ3v) is 3.33. The Hall–Kier alpha value is -1.94. The van der Waals surface area contributed by atoms with Crippen LogP contribution >= 0.6 is 0 Å². The molecule has 2 N–H and O–H groups in total. The number of hydrogen-bond donors (Lipinski definition) is 1. The normalized spacial score (nSPS) is 12.2. The third kappa shape index (κ3) is 3.33. The lowest BCUT2D eigenvalue weighted by atomic mass is 10.0. The van der Waals surface area contributed by atoms with Crippen LogP contribution in [0, 0.1) is 5.82 Å². The van der Waals surface area contributed by atoms with E-state index in [0.717, 1.165) is 24.3 Å². The standard InChI is InChI=1S/C16H20FN3/c1-12(18)16-14(17)7-5-8-15(16)20(2)11-9-13-6-3-4-10-19-13/h3-8,10,12H,9,11,18H2,1-2H3/t12-/m0/s1. The quantitative estimate of drug-likeness (QED) is 0.910. The van der Waals surface area contributed by atoms with Gasteiger partial charge < -0.3 is 10.6 Å². The van der Waals surface area contributed by atoms with Crippen molar-refractivity contribution in [3.8, 4) is 0 Å². The molecule has 2 rings (SSSR count). The van der Waals surface area contributed by atoms with Crippen molar-refractivity contribution in [1.29, 1.82) is 0 Å². The smallest absolute Gasteiger partial charge is 0.130 e. The number of hydrogen-bond acceptors (Lipinski definition) is 3. The van der Waals surface area contributed by atoms with Crippen LogP contribution < -0.4 is 10.6 Å². The second kappa shape index (κ2) is 6.48. The zero-order chi connectivity index (χ0) is 14.5. The number of anilines is 1.